The molecule has 170 valence electrons. The van der Waals surface area contributed by atoms with Crippen molar-refractivity contribution in [2.45, 2.75) is 36.7 Å². The third kappa shape index (κ3) is 4.32. The fraction of sp³-hybridized carbons (Fsp3) is 0.273. The van der Waals surface area contributed by atoms with E-state index in [1.807, 2.05) is 0 Å². The van der Waals surface area contributed by atoms with Crippen molar-refractivity contribution >= 4 is 50.9 Å². The summed E-state index contributed by atoms with van der Waals surface area (Å²) in [5.41, 5.74) is 0.824. The molecule has 4 rings (SSSR count). The highest BCUT2D eigenvalue weighted by atomic mass is 35.5. The molecule has 7 nitrogen and oxygen atoms in total. The van der Waals surface area contributed by atoms with Crippen LogP contribution in [0.2, 0.25) is 10.2 Å². The second-order valence-corrected chi connectivity index (χ2v) is 8.70. The van der Waals surface area contributed by atoms with E-state index in [1.165, 1.54) is 29.2 Å². The zero-order valence-corrected chi connectivity index (χ0v) is 18.4. The zero-order chi connectivity index (χ0) is 24.8. The van der Waals surface area contributed by atoms with Crippen molar-refractivity contribution in [2.24, 2.45) is 0 Å². The molecule has 2 heterocycles. The molecule has 1 fully saturated rings. The molecule has 4 radical (unpaired) electrons. The highest BCUT2D eigenvalue weighted by Gasteiger charge is 2.45. The number of benzene rings is 2. The van der Waals surface area contributed by atoms with E-state index in [0.29, 0.717) is 16.7 Å². The topological polar surface area (TPSA) is 95.6 Å². The number of hydrogen-bond donors (Lipinski definition) is 2. The van der Waals surface area contributed by atoms with Gasteiger partial charge in [0.1, 0.15) is 6.04 Å². The maximum atomic E-state index is 14.5. The predicted molar refractivity (Wildman–Crippen MR) is 119 cm³/mol. The van der Waals surface area contributed by atoms with Crippen LogP contribution >= 0.6 is 11.6 Å². The molecule has 2 N–H and O–H groups in total. The lowest BCUT2D eigenvalue weighted by Gasteiger charge is -2.38. The molecule has 4 amide bonds. The Hall–Kier alpha value is -3.20. The molecule has 1 atom stereocenters. The van der Waals surface area contributed by atoms with Gasteiger partial charge in [0.25, 0.3) is 11.8 Å². The van der Waals surface area contributed by atoms with Gasteiger partial charge in [0.05, 0.1) is 15.7 Å². The lowest BCUT2D eigenvalue weighted by molar-refractivity contribution is -0.147. The Morgan fingerprint density at radius 2 is 1.85 bits per heavy atom. The first kappa shape index (κ1) is 23.9. The average molecular weight is 481 g/mol. The Morgan fingerprint density at radius 3 is 2.53 bits per heavy atom. The van der Waals surface area contributed by atoms with E-state index in [4.69, 9.17) is 27.3 Å². The second-order valence-electron chi connectivity index (χ2n) is 8.27. The largest absolute Gasteiger partial charge is 0.349 e. The summed E-state index contributed by atoms with van der Waals surface area (Å²) >= 11 is 5.71. The number of fused-ring (bicyclic) bond motifs is 1. The van der Waals surface area contributed by atoms with Crippen LogP contribution in [0.25, 0.3) is 0 Å². The maximum Gasteiger partial charge on any atom is 0.349 e. The van der Waals surface area contributed by atoms with E-state index in [2.05, 4.69) is 10.6 Å². The number of rotatable bonds is 5. The number of amides is 4. The summed E-state index contributed by atoms with van der Waals surface area (Å²) < 4.78 is 28.9. The van der Waals surface area contributed by atoms with Gasteiger partial charge in [-0.3, -0.25) is 24.5 Å². The van der Waals surface area contributed by atoms with Gasteiger partial charge in [0.15, 0.2) is 0 Å². The third-order valence-electron chi connectivity index (χ3n) is 5.82. The smallest absolute Gasteiger partial charge is 0.346 e. The summed E-state index contributed by atoms with van der Waals surface area (Å²) in [6, 6.07) is 8.22. The Bertz CT molecular complexity index is 1210. The molecule has 0 saturated carbocycles. The van der Waals surface area contributed by atoms with Gasteiger partial charge in [-0.05, 0) is 41.0 Å². The highest BCUT2D eigenvalue weighted by Crippen LogP contribution is 2.34. The Morgan fingerprint density at radius 1 is 1.18 bits per heavy atom. The van der Waals surface area contributed by atoms with Crippen LogP contribution in [0.3, 0.4) is 0 Å². The summed E-state index contributed by atoms with van der Waals surface area (Å²) in [4.78, 5) is 50.3. The molecule has 34 heavy (non-hydrogen) atoms. The van der Waals surface area contributed by atoms with Crippen molar-refractivity contribution < 1.29 is 28.0 Å². The molecular weight excluding hydrogens is 465 g/mol. The van der Waals surface area contributed by atoms with Gasteiger partial charge < -0.3 is 10.2 Å². The lowest BCUT2D eigenvalue weighted by Crippen LogP contribution is -2.58. The monoisotopic (exact) mass is 481 g/mol. The van der Waals surface area contributed by atoms with Gasteiger partial charge in [-0.2, -0.15) is 8.78 Å². The van der Waals surface area contributed by atoms with Gasteiger partial charge in [0.2, 0.25) is 11.8 Å². The SMILES string of the molecule is [B]C1([B])CC(N2Cc3cc(CNC(=O)C(F)(F)c4ccc(Cl)cc4)ccc3C2=O)C(=O)NC1=O. The van der Waals surface area contributed by atoms with Crippen molar-refractivity contribution in [3.63, 3.8) is 0 Å². The van der Waals surface area contributed by atoms with E-state index in [1.54, 1.807) is 6.07 Å². The quantitative estimate of drug-likeness (QED) is 0.501. The lowest BCUT2D eigenvalue weighted by atomic mass is 9.50. The average Bonchev–Trinajstić information content (AvgIpc) is 3.10. The molecule has 0 aliphatic carbocycles. The van der Waals surface area contributed by atoms with Crippen molar-refractivity contribution in [3.05, 3.63) is 69.7 Å². The first-order valence-electron chi connectivity index (χ1n) is 10.2. The van der Waals surface area contributed by atoms with Crippen LogP contribution in [0.15, 0.2) is 42.5 Å². The number of piperidine rings is 1. The van der Waals surface area contributed by atoms with Gasteiger partial charge >= 0.3 is 5.92 Å². The van der Waals surface area contributed by atoms with E-state index >= 15 is 0 Å². The molecule has 12 heteroatoms. The van der Waals surface area contributed by atoms with E-state index in [0.717, 1.165) is 12.1 Å². The van der Waals surface area contributed by atoms with Crippen LogP contribution in [-0.4, -0.2) is 50.3 Å². The molecule has 2 aromatic carbocycles. The van der Waals surface area contributed by atoms with Crippen molar-refractivity contribution in [3.8, 4) is 0 Å². The number of imide groups is 1. The number of halogens is 3. The normalized spacial score (nSPS) is 19.6. The van der Waals surface area contributed by atoms with Gasteiger partial charge in [-0.25, -0.2) is 0 Å². The summed E-state index contributed by atoms with van der Waals surface area (Å²) in [5, 5.41) is 2.73. The highest BCUT2D eigenvalue weighted by molar-refractivity contribution is 6.52. The van der Waals surface area contributed by atoms with Crippen LogP contribution in [0.5, 0.6) is 0 Å². The first-order valence-corrected chi connectivity index (χ1v) is 10.6. The molecule has 1 saturated heterocycles. The van der Waals surface area contributed by atoms with Crippen molar-refractivity contribution in [2.75, 3.05) is 0 Å². The minimum Gasteiger partial charge on any atom is -0.346 e. The van der Waals surface area contributed by atoms with Gasteiger partial charge in [-0.15, -0.1) is 0 Å². The van der Waals surface area contributed by atoms with Crippen LogP contribution in [0.4, 0.5) is 8.78 Å². The second kappa shape index (κ2) is 8.54. The maximum absolute atomic E-state index is 14.5. The number of hydrogen-bond acceptors (Lipinski definition) is 4. The zero-order valence-electron chi connectivity index (χ0n) is 17.6. The Kier molecular flexibility index (Phi) is 6.01. The first-order chi connectivity index (χ1) is 15.9. The summed E-state index contributed by atoms with van der Waals surface area (Å²) in [6.07, 6.45) is -0.250. The Balaban J connectivity index is 1.45. The minimum absolute atomic E-state index is 0.0270. The van der Waals surface area contributed by atoms with Crippen LogP contribution in [-0.2, 0) is 33.4 Å². The van der Waals surface area contributed by atoms with Crippen molar-refractivity contribution in [1.29, 1.82) is 0 Å². The Labute approximate surface area is 201 Å². The fourth-order valence-electron chi connectivity index (χ4n) is 3.91. The molecule has 2 aliphatic rings. The van der Waals surface area contributed by atoms with Gasteiger partial charge in [0, 0.05) is 29.2 Å². The van der Waals surface area contributed by atoms with E-state index < -0.39 is 46.4 Å². The van der Waals surface area contributed by atoms with Crippen molar-refractivity contribution in [1.82, 2.24) is 15.5 Å². The molecule has 2 aromatic rings. The van der Waals surface area contributed by atoms with Gasteiger partial charge in [-0.1, -0.05) is 35.9 Å². The number of carbonyl (C=O) groups excluding carboxylic acids is 4. The molecule has 0 aromatic heterocycles. The summed E-state index contributed by atoms with van der Waals surface area (Å²) in [5.74, 6) is -7.22. The fourth-order valence-corrected chi connectivity index (χ4v) is 4.04. The summed E-state index contributed by atoms with van der Waals surface area (Å²) in [7, 11) is 11.5. The molecule has 1 unspecified atom stereocenters. The van der Waals surface area contributed by atoms with Crippen LogP contribution in [0.1, 0.15) is 33.5 Å². The molecule has 2 aliphatic heterocycles. The third-order valence-corrected chi connectivity index (χ3v) is 6.07. The summed E-state index contributed by atoms with van der Waals surface area (Å²) in [6.45, 7) is -0.185. The standard InChI is InChI=1S/C22H16B2ClF2N3O4/c23-21(24)8-16(17(31)29-19(21)33)30-10-12-7-11(1-6-15(12)18(30)32)9-28-20(34)22(26,27)13-2-4-14(25)5-3-13/h1-7,16H,8-10H2,(H,28,34)(H,29,31,33). The van der Waals surface area contributed by atoms with E-state index in [-0.39, 0.29) is 24.5 Å². The predicted octanol–water partition coefficient (Wildman–Crippen LogP) is 1.57. The number of carbonyl (C=O) groups is 4. The number of nitrogens with one attached hydrogen (secondary N) is 2. The molecule has 0 bridgehead atoms. The van der Waals surface area contributed by atoms with Crippen LogP contribution in [0, 0.1) is 0 Å². The van der Waals surface area contributed by atoms with E-state index in [9.17, 15) is 28.0 Å². The number of nitrogens with zero attached hydrogens (tertiary/aromatic N) is 1. The minimum atomic E-state index is -3.77. The number of alkyl halides is 2. The van der Waals surface area contributed by atoms with Crippen LogP contribution < -0.4 is 10.6 Å². The molecule has 0 spiro atoms. The molecular formula is C22H16B2ClF2N3O4.